The van der Waals surface area contributed by atoms with E-state index in [4.69, 9.17) is 5.73 Å². The van der Waals surface area contributed by atoms with Crippen molar-refractivity contribution in [2.45, 2.75) is 12.8 Å². The van der Waals surface area contributed by atoms with Crippen LogP contribution in [0.2, 0.25) is 0 Å². The summed E-state index contributed by atoms with van der Waals surface area (Å²) in [6, 6.07) is 0. The second kappa shape index (κ2) is 7.15. The zero-order valence-electron chi connectivity index (χ0n) is 8.92. The van der Waals surface area contributed by atoms with Gasteiger partial charge < -0.3 is 10.6 Å². The van der Waals surface area contributed by atoms with E-state index in [9.17, 15) is 4.39 Å². The summed E-state index contributed by atoms with van der Waals surface area (Å²) in [4.78, 5) is 4.64. The molecule has 84 valence electrons. The molecule has 0 radical (unpaired) electrons. The lowest BCUT2D eigenvalue weighted by Gasteiger charge is -2.34. The van der Waals surface area contributed by atoms with Crippen LogP contribution < -0.4 is 5.73 Å². The highest BCUT2D eigenvalue weighted by Gasteiger charge is 2.15. The van der Waals surface area contributed by atoms with Crippen LogP contribution in [-0.4, -0.2) is 62.3 Å². The van der Waals surface area contributed by atoms with Crippen molar-refractivity contribution >= 4 is 0 Å². The standard InChI is InChI=1S/C10H22FN3/c11-3-6-14-9-7-13(8-10-14)5-2-1-4-12/h1-10,12H2. The van der Waals surface area contributed by atoms with Crippen molar-refractivity contribution in [3.8, 4) is 0 Å². The van der Waals surface area contributed by atoms with Crippen LogP contribution in [0.3, 0.4) is 0 Å². The van der Waals surface area contributed by atoms with Crippen molar-refractivity contribution in [2.75, 3.05) is 52.5 Å². The average Bonchev–Trinajstić information content (AvgIpc) is 2.21. The Bertz CT molecular complexity index is 135. The number of unbranched alkanes of at least 4 members (excludes halogenated alkanes) is 1. The third-order valence-corrected chi connectivity index (χ3v) is 2.79. The van der Waals surface area contributed by atoms with Crippen LogP contribution in [0.4, 0.5) is 4.39 Å². The van der Waals surface area contributed by atoms with Crippen LogP contribution in [0.15, 0.2) is 0 Å². The lowest BCUT2D eigenvalue weighted by atomic mass is 10.2. The maximum absolute atomic E-state index is 12.1. The van der Waals surface area contributed by atoms with Gasteiger partial charge in [0.15, 0.2) is 0 Å². The van der Waals surface area contributed by atoms with E-state index in [0.717, 1.165) is 45.7 Å². The van der Waals surface area contributed by atoms with Gasteiger partial charge in [-0.1, -0.05) is 0 Å². The van der Waals surface area contributed by atoms with E-state index in [2.05, 4.69) is 9.80 Å². The Hall–Kier alpha value is -0.190. The largest absolute Gasteiger partial charge is 0.330 e. The minimum atomic E-state index is -0.215. The molecule has 0 atom stereocenters. The van der Waals surface area contributed by atoms with Gasteiger partial charge >= 0.3 is 0 Å². The van der Waals surface area contributed by atoms with Crippen LogP contribution in [-0.2, 0) is 0 Å². The first-order valence-electron chi connectivity index (χ1n) is 5.57. The minimum Gasteiger partial charge on any atom is -0.330 e. The predicted octanol–water partition coefficient (Wildman–Crippen LogP) is 0.312. The molecule has 0 bridgehead atoms. The van der Waals surface area contributed by atoms with Gasteiger partial charge in [0.1, 0.15) is 6.67 Å². The minimum absolute atomic E-state index is 0.215. The number of rotatable bonds is 6. The summed E-state index contributed by atoms with van der Waals surface area (Å²) in [7, 11) is 0. The molecule has 2 N–H and O–H groups in total. The SMILES string of the molecule is NCCCCN1CCN(CCF)CC1. The van der Waals surface area contributed by atoms with Crippen LogP contribution in [0.1, 0.15) is 12.8 Å². The Labute approximate surface area is 86.0 Å². The number of piperazine rings is 1. The number of nitrogens with zero attached hydrogens (tertiary/aromatic N) is 2. The molecule has 1 aliphatic heterocycles. The molecule has 0 aromatic carbocycles. The molecule has 0 unspecified atom stereocenters. The van der Waals surface area contributed by atoms with E-state index in [0.29, 0.717) is 6.54 Å². The first-order chi connectivity index (χ1) is 6.86. The summed E-state index contributed by atoms with van der Waals surface area (Å²) in [5, 5.41) is 0. The number of hydrogen-bond acceptors (Lipinski definition) is 3. The molecule has 1 rings (SSSR count). The van der Waals surface area contributed by atoms with Crippen LogP contribution in [0.5, 0.6) is 0 Å². The van der Waals surface area contributed by atoms with E-state index in [-0.39, 0.29) is 6.67 Å². The summed E-state index contributed by atoms with van der Waals surface area (Å²) < 4.78 is 12.1. The monoisotopic (exact) mass is 203 g/mol. The summed E-state index contributed by atoms with van der Waals surface area (Å²) in [5.74, 6) is 0. The van der Waals surface area contributed by atoms with Gasteiger partial charge in [-0.15, -0.1) is 0 Å². The maximum atomic E-state index is 12.1. The molecular weight excluding hydrogens is 181 g/mol. The second-order valence-corrected chi connectivity index (χ2v) is 3.87. The lowest BCUT2D eigenvalue weighted by Crippen LogP contribution is -2.47. The molecule has 1 heterocycles. The smallest absolute Gasteiger partial charge is 0.102 e. The van der Waals surface area contributed by atoms with E-state index in [1.165, 1.54) is 6.42 Å². The zero-order chi connectivity index (χ0) is 10.2. The molecule has 1 aliphatic rings. The predicted molar refractivity (Wildman–Crippen MR) is 57.1 cm³/mol. The molecule has 0 saturated carbocycles. The quantitative estimate of drug-likeness (QED) is 0.631. The van der Waals surface area contributed by atoms with Crippen molar-refractivity contribution in [2.24, 2.45) is 5.73 Å². The Kier molecular flexibility index (Phi) is 6.07. The molecule has 0 spiro atoms. The molecule has 0 aromatic rings. The van der Waals surface area contributed by atoms with Gasteiger partial charge in [0.05, 0.1) is 0 Å². The van der Waals surface area contributed by atoms with E-state index in [1.54, 1.807) is 0 Å². The Morgan fingerprint density at radius 2 is 1.50 bits per heavy atom. The lowest BCUT2D eigenvalue weighted by molar-refractivity contribution is 0.125. The highest BCUT2D eigenvalue weighted by Crippen LogP contribution is 2.02. The Balaban J connectivity index is 2.03. The molecule has 4 heteroatoms. The third-order valence-electron chi connectivity index (χ3n) is 2.79. The third kappa shape index (κ3) is 4.35. The maximum Gasteiger partial charge on any atom is 0.102 e. The summed E-state index contributed by atoms with van der Waals surface area (Å²) >= 11 is 0. The van der Waals surface area contributed by atoms with Crippen molar-refractivity contribution in [3.63, 3.8) is 0 Å². The molecule has 0 amide bonds. The van der Waals surface area contributed by atoms with Crippen LogP contribution >= 0.6 is 0 Å². The molecule has 0 aliphatic carbocycles. The molecule has 1 saturated heterocycles. The number of halogens is 1. The van der Waals surface area contributed by atoms with Crippen molar-refractivity contribution in [3.05, 3.63) is 0 Å². The van der Waals surface area contributed by atoms with Crippen LogP contribution in [0, 0.1) is 0 Å². The van der Waals surface area contributed by atoms with Gasteiger partial charge in [-0.25, -0.2) is 4.39 Å². The van der Waals surface area contributed by atoms with E-state index in [1.807, 2.05) is 0 Å². The highest BCUT2D eigenvalue weighted by molar-refractivity contribution is 4.71. The first-order valence-corrected chi connectivity index (χ1v) is 5.57. The van der Waals surface area contributed by atoms with Gasteiger partial charge in [-0.2, -0.15) is 0 Å². The van der Waals surface area contributed by atoms with Crippen molar-refractivity contribution in [1.82, 2.24) is 9.80 Å². The van der Waals surface area contributed by atoms with Gasteiger partial charge in [-0.05, 0) is 25.9 Å². The number of hydrogen-bond donors (Lipinski definition) is 1. The zero-order valence-corrected chi connectivity index (χ0v) is 8.92. The van der Waals surface area contributed by atoms with Crippen molar-refractivity contribution < 1.29 is 4.39 Å². The Morgan fingerprint density at radius 3 is 2.00 bits per heavy atom. The molecule has 14 heavy (non-hydrogen) atoms. The summed E-state index contributed by atoms with van der Waals surface area (Å²) in [6.07, 6.45) is 2.31. The fraction of sp³-hybridized carbons (Fsp3) is 1.00. The van der Waals surface area contributed by atoms with Gasteiger partial charge in [0.25, 0.3) is 0 Å². The topological polar surface area (TPSA) is 32.5 Å². The summed E-state index contributed by atoms with van der Waals surface area (Å²) in [5.41, 5.74) is 5.44. The van der Waals surface area contributed by atoms with E-state index >= 15 is 0 Å². The van der Waals surface area contributed by atoms with Gasteiger partial charge in [-0.3, -0.25) is 4.90 Å². The Morgan fingerprint density at radius 1 is 0.929 bits per heavy atom. The average molecular weight is 203 g/mol. The van der Waals surface area contributed by atoms with Crippen molar-refractivity contribution in [1.29, 1.82) is 0 Å². The molecule has 1 fully saturated rings. The van der Waals surface area contributed by atoms with Gasteiger partial charge in [0, 0.05) is 32.7 Å². The highest BCUT2D eigenvalue weighted by atomic mass is 19.1. The number of nitrogens with two attached hydrogens (primary N) is 1. The number of alkyl halides is 1. The van der Waals surface area contributed by atoms with Gasteiger partial charge in [0.2, 0.25) is 0 Å². The normalized spacial score (nSPS) is 20.1. The van der Waals surface area contributed by atoms with Crippen LogP contribution in [0.25, 0.3) is 0 Å². The fourth-order valence-corrected chi connectivity index (χ4v) is 1.84. The van der Waals surface area contributed by atoms with E-state index < -0.39 is 0 Å². The second-order valence-electron chi connectivity index (χ2n) is 3.87. The first kappa shape index (κ1) is 11.9. The fourth-order valence-electron chi connectivity index (χ4n) is 1.84. The molecule has 3 nitrogen and oxygen atoms in total. The molecule has 0 aromatic heterocycles. The summed E-state index contributed by atoms with van der Waals surface area (Å²) in [6.45, 7) is 6.56. The molecular formula is C10H22FN3.